The molecule has 0 bridgehead atoms. The average Bonchev–Trinajstić information content (AvgIpc) is 2.25. The van der Waals surface area contributed by atoms with Gasteiger partial charge in [0.25, 0.3) is 0 Å². The third kappa shape index (κ3) is 4.08. The van der Waals surface area contributed by atoms with Gasteiger partial charge in [0.05, 0.1) is 0 Å². The van der Waals surface area contributed by atoms with Crippen LogP contribution in [0.3, 0.4) is 0 Å². The number of rotatable bonds is 6. The number of halogens is 2. The zero-order valence-electron chi connectivity index (χ0n) is 9.39. The lowest BCUT2D eigenvalue weighted by Crippen LogP contribution is -2.15. The van der Waals surface area contributed by atoms with E-state index in [1.165, 1.54) is 6.07 Å². The van der Waals surface area contributed by atoms with Gasteiger partial charge in [-0.2, -0.15) is 0 Å². The third-order valence-corrected chi connectivity index (χ3v) is 2.76. The van der Waals surface area contributed by atoms with Gasteiger partial charge in [-0.1, -0.05) is 11.6 Å². The lowest BCUT2D eigenvalue weighted by Gasteiger charge is -2.08. The first-order valence-electron chi connectivity index (χ1n) is 5.41. The van der Waals surface area contributed by atoms with Crippen LogP contribution in [0.15, 0.2) is 12.1 Å². The van der Waals surface area contributed by atoms with E-state index < -0.39 is 0 Å². The first kappa shape index (κ1) is 13.4. The van der Waals surface area contributed by atoms with Crippen molar-refractivity contribution in [3.05, 3.63) is 34.1 Å². The summed E-state index contributed by atoms with van der Waals surface area (Å²) in [6, 6.07) is 3.11. The third-order valence-electron chi connectivity index (χ3n) is 2.40. The Hall–Kier alpha value is -0.640. The van der Waals surface area contributed by atoms with Crippen LogP contribution in [0.2, 0.25) is 5.02 Å². The largest absolute Gasteiger partial charge is 0.396 e. The van der Waals surface area contributed by atoms with E-state index in [1.54, 1.807) is 13.0 Å². The van der Waals surface area contributed by atoms with Gasteiger partial charge in [0, 0.05) is 18.2 Å². The van der Waals surface area contributed by atoms with Gasteiger partial charge < -0.3 is 10.4 Å². The molecule has 1 aromatic carbocycles. The average molecular weight is 246 g/mol. The molecule has 0 unspecified atom stereocenters. The monoisotopic (exact) mass is 245 g/mol. The number of nitrogens with one attached hydrogen (secondary N) is 1. The number of unbranched alkanes of at least 4 members (excludes halogenated alkanes) is 1. The fourth-order valence-electron chi connectivity index (χ4n) is 1.41. The van der Waals surface area contributed by atoms with Crippen LogP contribution in [-0.4, -0.2) is 18.3 Å². The molecule has 0 aromatic heterocycles. The van der Waals surface area contributed by atoms with Gasteiger partial charge in [-0.15, -0.1) is 0 Å². The highest BCUT2D eigenvalue weighted by Crippen LogP contribution is 2.20. The fraction of sp³-hybridized carbons (Fsp3) is 0.500. The summed E-state index contributed by atoms with van der Waals surface area (Å²) in [5.41, 5.74) is 1.34. The summed E-state index contributed by atoms with van der Waals surface area (Å²) in [5.74, 6) is -0.225. The Morgan fingerprint density at radius 1 is 1.38 bits per heavy atom. The number of hydrogen-bond acceptors (Lipinski definition) is 2. The minimum absolute atomic E-state index is 0.210. The van der Waals surface area contributed by atoms with Gasteiger partial charge in [-0.3, -0.25) is 0 Å². The Labute approximate surface area is 100 Å². The lowest BCUT2D eigenvalue weighted by molar-refractivity contribution is 0.283. The Morgan fingerprint density at radius 3 is 2.81 bits per heavy atom. The van der Waals surface area contributed by atoms with Crippen LogP contribution in [0.1, 0.15) is 24.0 Å². The zero-order valence-corrected chi connectivity index (χ0v) is 10.1. The summed E-state index contributed by atoms with van der Waals surface area (Å²) >= 11 is 5.99. The van der Waals surface area contributed by atoms with Crippen molar-refractivity contribution < 1.29 is 9.50 Å². The van der Waals surface area contributed by atoms with Crippen LogP contribution < -0.4 is 5.32 Å². The van der Waals surface area contributed by atoms with Gasteiger partial charge in [-0.05, 0) is 49.6 Å². The summed E-state index contributed by atoms with van der Waals surface area (Å²) in [6.45, 7) is 3.26. The molecule has 2 N–H and O–H groups in total. The van der Waals surface area contributed by atoms with E-state index >= 15 is 0 Å². The van der Waals surface area contributed by atoms with Crippen molar-refractivity contribution in [2.75, 3.05) is 13.2 Å². The molecule has 0 aliphatic carbocycles. The summed E-state index contributed by atoms with van der Waals surface area (Å²) in [4.78, 5) is 0. The summed E-state index contributed by atoms with van der Waals surface area (Å²) in [5, 5.41) is 12.3. The maximum Gasteiger partial charge on any atom is 0.126 e. The molecule has 0 aliphatic rings. The lowest BCUT2D eigenvalue weighted by atomic mass is 10.1. The van der Waals surface area contributed by atoms with Gasteiger partial charge >= 0.3 is 0 Å². The van der Waals surface area contributed by atoms with E-state index in [0.717, 1.165) is 24.9 Å². The molecule has 0 heterocycles. The molecule has 0 aliphatic heterocycles. The molecule has 0 saturated heterocycles. The summed E-state index contributed by atoms with van der Waals surface area (Å²) in [7, 11) is 0. The standard InChI is InChI=1S/C12H17ClFNO/c1-9-6-11(13)10(7-12(9)14)8-15-4-2-3-5-16/h6-7,15-16H,2-5,8H2,1H3. The van der Waals surface area contributed by atoms with Gasteiger partial charge in [0.2, 0.25) is 0 Å². The Morgan fingerprint density at radius 2 is 2.12 bits per heavy atom. The molecule has 1 aromatic rings. The molecule has 0 radical (unpaired) electrons. The topological polar surface area (TPSA) is 32.3 Å². The van der Waals surface area contributed by atoms with Gasteiger partial charge in [-0.25, -0.2) is 4.39 Å². The molecule has 4 heteroatoms. The maximum atomic E-state index is 13.3. The van der Waals surface area contributed by atoms with E-state index in [1.807, 2.05) is 0 Å². The Balaban J connectivity index is 2.45. The molecule has 16 heavy (non-hydrogen) atoms. The highest BCUT2D eigenvalue weighted by Gasteiger charge is 2.05. The van der Waals surface area contributed by atoms with E-state index in [4.69, 9.17) is 16.7 Å². The second-order valence-corrected chi connectivity index (χ2v) is 4.21. The smallest absolute Gasteiger partial charge is 0.126 e. The van der Waals surface area contributed by atoms with Crippen LogP contribution in [0, 0.1) is 12.7 Å². The van der Waals surface area contributed by atoms with Crippen molar-refractivity contribution in [1.29, 1.82) is 0 Å². The molecule has 0 spiro atoms. The van der Waals surface area contributed by atoms with Crippen LogP contribution >= 0.6 is 11.6 Å². The predicted molar refractivity (Wildman–Crippen MR) is 64.2 cm³/mol. The van der Waals surface area contributed by atoms with Crippen LogP contribution in [0.5, 0.6) is 0 Å². The second-order valence-electron chi connectivity index (χ2n) is 3.80. The van der Waals surface area contributed by atoms with Gasteiger partial charge in [0.15, 0.2) is 0 Å². The van der Waals surface area contributed by atoms with E-state index in [2.05, 4.69) is 5.32 Å². The summed E-state index contributed by atoms with van der Waals surface area (Å²) < 4.78 is 13.3. The molecule has 0 fully saturated rings. The van der Waals surface area contributed by atoms with E-state index in [-0.39, 0.29) is 12.4 Å². The molecule has 0 atom stereocenters. The SMILES string of the molecule is Cc1cc(Cl)c(CNCCCCO)cc1F. The van der Waals surface area contributed by atoms with Crippen molar-refractivity contribution in [1.82, 2.24) is 5.32 Å². The van der Waals surface area contributed by atoms with Crippen molar-refractivity contribution in [2.24, 2.45) is 0 Å². The zero-order chi connectivity index (χ0) is 12.0. The molecule has 90 valence electrons. The molecular formula is C12H17ClFNO. The molecule has 1 rings (SSSR count). The first-order chi connectivity index (χ1) is 7.65. The quantitative estimate of drug-likeness (QED) is 0.756. The number of aliphatic hydroxyl groups excluding tert-OH is 1. The molecule has 2 nitrogen and oxygen atoms in total. The minimum atomic E-state index is -0.225. The Kier molecular flexibility index (Phi) is 5.74. The fourth-order valence-corrected chi connectivity index (χ4v) is 1.69. The first-order valence-corrected chi connectivity index (χ1v) is 5.79. The second kappa shape index (κ2) is 6.84. The van der Waals surface area contributed by atoms with Crippen molar-refractivity contribution >= 4 is 11.6 Å². The maximum absolute atomic E-state index is 13.3. The van der Waals surface area contributed by atoms with Crippen LogP contribution in [0.4, 0.5) is 4.39 Å². The predicted octanol–water partition coefficient (Wildman–Crippen LogP) is 2.65. The number of benzene rings is 1. The van der Waals surface area contributed by atoms with Crippen LogP contribution in [0.25, 0.3) is 0 Å². The Bertz CT molecular complexity index is 344. The number of aliphatic hydroxyl groups is 1. The van der Waals surface area contributed by atoms with Crippen molar-refractivity contribution in [3.8, 4) is 0 Å². The van der Waals surface area contributed by atoms with Crippen molar-refractivity contribution in [3.63, 3.8) is 0 Å². The molecule has 0 amide bonds. The highest BCUT2D eigenvalue weighted by atomic mass is 35.5. The molecular weight excluding hydrogens is 229 g/mol. The van der Waals surface area contributed by atoms with Crippen molar-refractivity contribution in [2.45, 2.75) is 26.3 Å². The highest BCUT2D eigenvalue weighted by molar-refractivity contribution is 6.31. The molecule has 0 saturated carbocycles. The number of aryl methyl sites for hydroxylation is 1. The normalized spacial score (nSPS) is 10.8. The summed E-state index contributed by atoms with van der Waals surface area (Å²) in [6.07, 6.45) is 1.69. The van der Waals surface area contributed by atoms with E-state index in [9.17, 15) is 4.39 Å². The van der Waals surface area contributed by atoms with E-state index in [0.29, 0.717) is 17.1 Å². The number of hydrogen-bond donors (Lipinski definition) is 2. The van der Waals surface area contributed by atoms with Gasteiger partial charge in [0.1, 0.15) is 5.82 Å². The minimum Gasteiger partial charge on any atom is -0.396 e. The van der Waals surface area contributed by atoms with Crippen LogP contribution in [-0.2, 0) is 6.54 Å².